The maximum Gasteiger partial charge on any atom is 0.142 e. The zero-order chi connectivity index (χ0) is 20.0. The molecule has 1 aliphatic carbocycles. The molecule has 0 aliphatic heterocycles. The van der Waals surface area contributed by atoms with E-state index in [1.165, 1.54) is 32.1 Å². The Morgan fingerprint density at radius 1 is 1.10 bits per heavy atom. The monoisotopic (exact) mass is 406 g/mol. The van der Waals surface area contributed by atoms with Crippen LogP contribution in [0.1, 0.15) is 43.7 Å². The smallest absolute Gasteiger partial charge is 0.142 e. The van der Waals surface area contributed by atoms with Gasteiger partial charge in [-0.1, -0.05) is 30.9 Å². The van der Waals surface area contributed by atoms with E-state index in [9.17, 15) is 0 Å². The highest BCUT2D eigenvalue weighted by Crippen LogP contribution is 2.32. The Balaban J connectivity index is 1.52. The molecule has 5 rings (SSSR count). The third kappa shape index (κ3) is 3.38. The van der Waals surface area contributed by atoms with Gasteiger partial charge in [0.25, 0.3) is 0 Å². The number of aromatic amines is 1. The van der Waals surface area contributed by atoms with Crippen molar-refractivity contribution < 1.29 is 0 Å². The van der Waals surface area contributed by atoms with Crippen molar-refractivity contribution in [2.75, 3.05) is 5.73 Å². The van der Waals surface area contributed by atoms with Crippen LogP contribution in [0.3, 0.4) is 0 Å². The molecule has 0 atom stereocenters. The van der Waals surface area contributed by atoms with Crippen LogP contribution in [0.4, 0.5) is 5.82 Å². The molecule has 6 nitrogen and oxygen atoms in total. The first-order valence-electron chi connectivity index (χ1n) is 10.0. The number of fused-ring (bicyclic) bond motifs is 1. The summed E-state index contributed by atoms with van der Waals surface area (Å²) in [6.07, 6.45) is 12.1. The van der Waals surface area contributed by atoms with E-state index in [0.717, 1.165) is 33.3 Å². The molecule has 148 valence electrons. The van der Waals surface area contributed by atoms with Crippen molar-refractivity contribution in [1.82, 2.24) is 24.7 Å². The first-order valence-corrected chi connectivity index (χ1v) is 10.4. The zero-order valence-electron chi connectivity index (χ0n) is 16.3. The number of H-pyrrole nitrogens is 1. The Hall–Kier alpha value is -2.86. The number of hydrogen-bond acceptors (Lipinski definition) is 4. The highest BCUT2D eigenvalue weighted by molar-refractivity contribution is 6.31. The zero-order valence-corrected chi connectivity index (χ0v) is 17.1. The highest BCUT2D eigenvalue weighted by atomic mass is 35.5. The second-order valence-electron chi connectivity index (χ2n) is 7.86. The maximum atomic E-state index is 6.19. The van der Waals surface area contributed by atoms with Gasteiger partial charge in [-0.3, -0.25) is 4.68 Å². The molecule has 0 radical (unpaired) electrons. The molecule has 0 spiro atoms. The van der Waals surface area contributed by atoms with Crippen LogP contribution in [0.2, 0.25) is 5.02 Å². The van der Waals surface area contributed by atoms with Crippen molar-refractivity contribution in [3.8, 4) is 22.5 Å². The number of hydrogen-bond donors (Lipinski definition) is 2. The van der Waals surface area contributed by atoms with E-state index in [-0.39, 0.29) is 0 Å². The number of nitrogens with zero attached hydrogens (tertiary/aromatic N) is 4. The number of nitrogens with one attached hydrogen (secondary N) is 1. The Morgan fingerprint density at radius 2 is 1.93 bits per heavy atom. The van der Waals surface area contributed by atoms with E-state index < -0.39 is 0 Å². The van der Waals surface area contributed by atoms with Crippen molar-refractivity contribution >= 4 is 28.5 Å². The Labute approximate surface area is 174 Å². The Kier molecular flexibility index (Phi) is 4.51. The van der Waals surface area contributed by atoms with Crippen molar-refractivity contribution in [2.45, 2.75) is 45.1 Å². The van der Waals surface area contributed by atoms with Gasteiger partial charge in [0.15, 0.2) is 0 Å². The van der Waals surface area contributed by atoms with E-state index in [2.05, 4.69) is 25.9 Å². The average molecular weight is 407 g/mol. The van der Waals surface area contributed by atoms with Gasteiger partial charge in [-0.25, -0.2) is 9.97 Å². The molecule has 0 bridgehead atoms. The molecule has 1 saturated carbocycles. The van der Waals surface area contributed by atoms with Gasteiger partial charge >= 0.3 is 0 Å². The van der Waals surface area contributed by atoms with Crippen LogP contribution >= 0.6 is 11.6 Å². The summed E-state index contributed by atoms with van der Waals surface area (Å²) in [5.41, 5.74) is 11.8. The summed E-state index contributed by atoms with van der Waals surface area (Å²) in [6, 6.07) is 6.31. The molecule has 7 heteroatoms. The fourth-order valence-electron chi connectivity index (χ4n) is 4.23. The van der Waals surface area contributed by atoms with Gasteiger partial charge in [-0.05, 0) is 43.5 Å². The van der Waals surface area contributed by atoms with Crippen LogP contribution in [0.5, 0.6) is 0 Å². The fraction of sp³-hybridized carbons (Fsp3) is 0.318. The van der Waals surface area contributed by atoms with Crippen molar-refractivity contribution in [1.29, 1.82) is 0 Å². The molecule has 4 aromatic rings. The van der Waals surface area contributed by atoms with Gasteiger partial charge in [0.05, 0.1) is 28.8 Å². The van der Waals surface area contributed by atoms with E-state index >= 15 is 0 Å². The van der Waals surface area contributed by atoms with Gasteiger partial charge in [0.1, 0.15) is 11.6 Å². The lowest BCUT2D eigenvalue weighted by molar-refractivity contribution is 0.329. The summed E-state index contributed by atoms with van der Waals surface area (Å²) in [4.78, 5) is 12.5. The Bertz CT molecular complexity index is 1190. The maximum absolute atomic E-state index is 6.19. The minimum atomic E-state index is 0.441. The predicted molar refractivity (Wildman–Crippen MR) is 117 cm³/mol. The van der Waals surface area contributed by atoms with E-state index in [0.29, 0.717) is 22.7 Å². The van der Waals surface area contributed by atoms with Crippen molar-refractivity contribution in [3.63, 3.8) is 0 Å². The number of rotatable bonds is 3. The quantitative estimate of drug-likeness (QED) is 0.467. The Morgan fingerprint density at radius 3 is 2.76 bits per heavy atom. The summed E-state index contributed by atoms with van der Waals surface area (Å²) >= 11 is 6.19. The normalized spacial score (nSPS) is 15.2. The van der Waals surface area contributed by atoms with Gasteiger partial charge in [-0.15, -0.1) is 0 Å². The number of benzene rings is 1. The lowest BCUT2D eigenvalue weighted by Gasteiger charge is -2.21. The topological polar surface area (TPSA) is 85.4 Å². The molecular weight excluding hydrogens is 384 g/mol. The van der Waals surface area contributed by atoms with Crippen LogP contribution in [0, 0.1) is 6.92 Å². The van der Waals surface area contributed by atoms with Gasteiger partial charge in [0.2, 0.25) is 0 Å². The SMILES string of the molecule is Cc1cc(Cl)cc2[nH]c(-c3cc(-c4cnn(C5CCCCC5)c4)cnc3N)nc12. The minimum absolute atomic E-state index is 0.441. The molecule has 0 amide bonds. The lowest BCUT2D eigenvalue weighted by Crippen LogP contribution is -2.12. The largest absolute Gasteiger partial charge is 0.383 e. The molecule has 0 unspecified atom stereocenters. The lowest BCUT2D eigenvalue weighted by atomic mass is 9.96. The number of anilines is 1. The van der Waals surface area contributed by atoms with Crippen LogP contribution in [-0.2, 0) is 0 Å². The first-order chi connectivity index (χ1) is 14.1. The fourth-order valence-corrected chi connectivity index (χ4v) is 4.50. The number of aromatic nitrogens is 5. The summed E-state index contributed by atoms with van der Waals surface area (Å²) in [7, 11) is 0. The molecular formula is C22H23ClN6. The third-order valence-electron chi connectivity index (χ3n) is 5.80. The summed E-state index contributed by atoms with van der Waals surface area (Å²) in [6.45, 7) is 2.00. The average Bonchev–Trinajstić information content (AvgIpc) is 3.37. The molecule has 0 saturated heterocycles. The standard InChI is InChI=1S/C22H23ClN6/c1-13-7-16(23)9-19-20(13)28-22(27-19)18-8-14(10-25-21(18)24)15-11-26-29(12-15)17-5-3-2-4-6-17/h7-12,17H,2-6H2,1H3,(H2,24,25)(H,27,28). The minimum Gasteiger partial charge on any atom is -0.383 e. The van der Waals surface area contributed by atoms with Crippen LogP contribution in [0.15, 0.2) is 36.8 Å². The van der Waals surface area contributed by atoms with Gasteiger partial charge in [0, 0.05) is 28.5 Å². The molecule has 3 heterocycles. The second-order valence-corrected chi connectivity index (χ2v) is 8.30. The van der Waals surface area contributed by atoms with Gasteiger partial charge in [-0.2, -0.15) is 5.10 Å². The molecule has 1 aliphatic rings. The number of nitrogen functional groups attached to an aromatic ring is 1. The van der Waals surface area contributed by atoms with Crippen LogP contribution in [-0.4, -0.2) is 24.7 Å². The summed E-state index contributed by atoms with van der Waals surface area (Å²) in [5.74, 6) is 1.13. The number of imidazole rings is 1. The highest BCUT2D eigenvalue weighted by Gasteiger charge is 2.18. The summed E-state index contributed by atoms with van der Waals surface area (Å²) < 4.78 is 2.11. The van der Waals surface area contributed by atoms with E-state index in [4.69, 9.17) is 22.3 Å². The van der Waals surface area contributed by atoms with Crippen LogP contribution < -0.4 is 5.73 Å². The molecule has 1 fully saturated rings. The number of halogens is 1. The van der Waals surface area contributed by atoms with Crippen molar-refractivity contribution in [2.24, 2.45) is 0 Å². The third-order valence-corrected chi connectivity index (χ3v) is 6.02. The number of nitrogens with two attached hydrogens (primary N) is 1. The molecule has 3 N–H and O–H groups in total. The molecule has 1 aromatic carbocycles. The number of pyridine rings is 1. The summed E-state index contributed by atoms with van der Waals surface area (Å²) in [5, 5.41) is 5.30. The second kappa shape index (κ2) is 7.19. The van der Waals surface area contributed by atoms with E-state index in [1.54, 1.807) is 6.20 Å². The van der Waals surface area contributed by atoms with E-state index in [1.807, 2.05) is 31.3 Å². The molecule has 29 heavy (non-hydrogen) atoms. The molecule has 3 aromatic heterocycles. The van der Waals surface area contributed by atoms with Crippen molar-refractivity contribution in [3.05, 3.63) is 47.4 Å². The number of aryl methyl sites for hydroxylation is 1. The van der Waals surface area contributed by atoms with Gasteiger partial charge < -0.3 is 10.7 Å². The van der Waals surface area contributed by atoms with Crippen LogP contribution in [0.25, 0.3) is 33.5 Å². The predicted octanol–water partition coefficient (Wildman–Crippen LogP) is 5.54. The first kappa shape index (κ1) is 18.2.